The third-order valence-corrected chi connectivity index (χ3v) is 3.90. The van der Waals surface area contributed by atoms with Crippen LogP contribution in [0, 0.1) is 13.8 Å². The van der Waals surface area contributed by atoms with Gasteiger partial charge in [-0.15, -0.1) is 0 Å². The highest BCUT2D eigenvalue weighted by Crippen LogP contribution is 2.19. The van der Waals surface area contributed by atoms with Gasteiger partial charge in [-0.2, -0.15) is 0 Å². The zero-order valence-corrected chi connectivity index (χ0v) is 11.5. The Morgan fingerprint density at radius 1 is 1.45 bits per heavy atom. The van der Waals surface area contributed by atoms with Crippen LogP contribution in [0.3, 0.4) is 0 Å². The van der Waals surface area contributed by atoms with Crippen molar-refractivity contribution in [1.29, 1.82) is 0 Å². The molecule has 1 aromatic heterocycles. The van der Waals surface area contributed by atoms with E-state index in [-0.39, 0.29) is 37.0 Å². The number of carbonyl (C=O) groups is 2. The summed E-state index contributed by atoms with van der Waals surface area (Å²) in [6.07, 6.45) is 0.176. The van der Waals surface area contributed by atoms with Crippen LogP contribution in [0.2, 0.25) is 0 Å². The molecule has 0 aromatic carbocycles. The second-order valence-electron chi connectivity index (χ2n) is 5.30. The Morgan fingerprint density at radius 2 is 2.25 bits per heavy atom. The van der Waals surface area contributed by atoms with Crippen molar-refractivity contribution >= 4 is 11.8 Å². The molecule has 20 heavy (non-hydrogen) atoms. The maximum atomic E-state index is 12.3. The molecule has 0 bridgehead atoms. The molecule has 2 atom stereocenters. The summed E-state index contributed by atoms with van der Waals surface area (Å²) in [6.45, 7) is 4.72. The van der Waals surface area contributed by atoms with Crippen LogP contribution in [0.4, 0.5) is 0 Å². The van der Waals surface area contributed by atoms with Crippen molar-refractivity contribution in [3.63, 3.8) is 0 Å². The Labute approximate surface area is 116 Å². The summed E-state index contributed by atoms with van der Waals surface area (Å²) in [4.78, 5) is 25.3. The molecule has 7 heteroatoms. The molecular formula is C13H17N3O4. The smallest absolute Gasteiger partial charge is 0.246 e. The van der Waals surface area contributed by atoms with Crippen LogP contribution >= 0.6 is 0 Å². The fourth-order valence-corrected chi connectivity index (χ4v) is 2.73. The monoisotopic (exact) mass is 279 g/mol. The number of aryl methyl sites for hydroxylation is 2. The van der Waals surface area contributed by atoms with Gasteiger partial charge in [-0.3, -0.25) is 9.59 Å². The van der Waals surface area contributed by atoms with E-state index in [1.54, 1.807) is 11.8 Å². The molecule has 0 spiro atoms. The zero-order valence-electron chi connectivity index (χ0n) is 11.5. The molecule has 2 aliphatic heterocycles. The average Bonchev–Trinajstić information content (AvgIpc) is 2.96. The highest BCUT2D eigenvalue weighted by atomic mass is 16.5. The molecule has 2 fully saturated rings. The van der Waals surface area contributed by atoms with Crippen molar-refractivity contribution < 1.29 is 18.8 Å². The number of fused-ring (bicyclic) bond motifs is 1. The SMILES string of the molecule is Cc1noc(C)c1CC(=O)N1C[C@@H]2NC(=O)CO[C@H]2C1. The average molecular weight is 279 g/mol. The number of hydrogen-bond donors (Lipinski definition) is 1. The summed E-state index contributed by atoms with van der Waals surface area (Å²) in [7, 11) is 0. The minimum atomic E-state index is -0.119. The molecule has 0 aliphatic carbocycles. The summed E-state index contributed by atoms with van der Waals surface area (Å²) < 4.78 is 10.5. The van der Waals surface area contributed by atoms with Gasteiger partial charge in [-0.25, -0.2) is 0 Å². The van der Waals surface area contributed by atoms with Gasteiger partial charge < -0.3 is 19.5 Å². The van der Waals surface area contributed by atoms with Crippen LogP contribution in [0.25, 0.3) is 0 Å². The molecule has 1 N–H and O–H groups in total. The minimum Gasteiger partial charge on any atom is -0.364 e. The number of nitrogens with zero attached hydrogens (tertiary/aromatic N) is 2. The number of aromatic nitrogens is 1. The van der Waals surface area contributed by atoms with Gasteiger partial charge in [0.25, 0.3) is 0 Å². The lowest BCUT2D eigenvalue weighted by Gasteiger charge is -2.24. The molecule has 1 aromatic rings. The van der Waals surface area contributed by atoms with Crippen molar-refractivity contribution in [1.82, 2.24) is 15.4 Å². The minimum absolute atomic E-state index is 0.00616. The highest BCUT2D eigenvalue weighted by molar-refractivity contribution is 5.81. The fraction of sp³-hybridized carbons (Fsp3) is 0.615. The first-order valence-corrected chi connectivity index (χ1v) is 6.65. The van der Waals surface area contributed by atoms with E-state index in [1.165, 1.54) is 0 Å². The first-order chi connectivity index (χ1) is 9.54. The lowest BCUT2D eigenvalue weighted by Crippen LogP contribution is -2.50. The van der Waals surface area contributed by atoms with E-state index in [1.807, 2.05) is 6.92 Å². The van der Waals surface area contributed by atoms with Gasteiger partial charge in [0.15, 0.2) is 0 Å². The second-order valence-corrected chi connectivity index (χ2v) is 5.30. The number of morpholine rings is 1. The number of carbonyl (C=O) groups excluding carboxylic acids is 2. The van der Waals surface area contributed by atoms with Crippen molar-refractivity contribution in [2.45, 2.75) is 32.4 Å². The van der Waals surface area contributed by atoms with Gasteiger partial charge >= 0.3 is 0 Å². The number of rotatable bonds is 2. The highest BCUT2D eigenvalue weighted by Gasteiger charge is 2.39. The molecule has 2 saturated heterocycles. The predicted octanol–water partition coefficient (Wildman–Crippen LogP) is -0.440. The van der Waals surface area contributed by atoms with Crippen molar-refractivity contribution in [2.75, 3.05) is 19.7 Å². The number of nitrogens with one attached hydrogen (secondary N) is 1. The van der Waals surface area contributed by atoms with E-state index in [0.717, 1.165) is 11.3 Å². The van der Waals surface area contributed by atoms with Gasteiger partial charge in [0.1, 0.15) is 12.4 Å². The van der Waals surface area contributed by atoms with E-state index in [2.05, 4.69) is 10.5 Å². The van der Waals surface area contributed by atoms with E-state index in [4.69, 9.17) is 9.26 Å². The topological polar surface area (TPSA) is 84.7 Å². The maximum absolute atomic E-state index is 12.3. The molecule has 7 nitrogen and oxygen atoms in total. The predicted molar refractivity (Wildman–Crippen MR) is 67.9 cm³/mol. The molecule has 2 amide bonds. The van der Waals surface area contributed by atoms with Crippen molar-refractivity contribution in [3.8, 4) is 0 Å². The van der Waals surface area contributed by atoms with Gasteiger partial charge in [-0.1, -0.05) is 5.16 Å². The number of hydrogen-bond acceptors (Lipinski definition) is 5. The van der Waals surface area contributed by atoms with Crippen LogP contribution in [0.15, 0.2) is 4.52 Å². The lowest BCUT2D eigenvalue weighted by atomic mass is 10.1. The van der Waals surface area contributed by atoms with E-state index >= 15 is 0 Å². The van der Waals surface area contributed by atoms with Crippen LogP contribution < -0.4 is 5.32 Å². The maximum Gasteiger partial charge on any atom is 0.246 e. The van der Waals surface area contributed by atoms with Crippen LogP contribution in [-0.4, -0.2) is 53.7 Å². The largest absolute Gasteiger partial charge is 0.364 e. The van der Waals surface area contributed by atoms with E-state index in [9.17, 15) is 9.59 Å². The van der Waals surface area contributed by atoms with E-state index < -0.39 is 0 Å². The summed E-state index contributed by atoms with van der Waals surface area (Å²) in [5.74, 6) is 0.565. The standard InChI is InChI=1S/C13H17N3O4/c1-7-9(8(2)20-15-7)3-13(18)16-4-10-11(5-16)19-6-12(17)14-10/h10-11H,3-6H2,1-2H3,(H,14,17)/t10-,11-/m0/s1. The van der Waals surface area contributed by atoms with Gasteiger partial charge in [0, 0.05) is 18.7 Å². The van der Waals surface area contributed by atoms with Gasteiger partial charge in [-0.05, 0) is 13.8 Å². The molecule has 3 rings (SSSR count). The Kier molecular flexibility index (Phi) is 3.21. The van der Waals surface area contributed by atoms with Gasteiger partial charge in [0.2, 0.25) is 11.8 Å². The lowest BCUT2D eigenvalue weighted by molar-refractivity contribution is -0.134. The molecule has 0 unspecified atom stereocenters. The second kappa shape index (κ2) is 4.90. The zero-order chi connectivity index (χ0) is 14.3. The first-order valence-electron chi connectivity index (χ1n) is 6.65. The normalized spacial score (nSPS) is 25.5. The Bertz CT molecular complexity index is 534. The quantitative estimate of drug-likeness (QED) is 0.793. The Hall–Kier alpha value is -1.89. The van der Waals surface area contributed by atoms with Crippen molar-refractivity contribution in [2.24, 2.45) is 0 Å². The molecule has 2 aliphatic rings. The molecular weight excluding hydrogens is 262 g/mol. The summed E-state index contributed by atoms with van der Waals surface area (Å²) >= 11 is 0. The van der Waals surface area contributed by atoms with Crippen LogP contribution in [0.1, 0.15) is 17.0 Å². The third-order valence-electron chi connectivity index (χ3n) is 3.90. The van der Waals surface area contributed by atoms with Crippen molar-refractivity contribution in [3.05, 3.63) is 17.0 Å². The molecule has 3 heterocycles. The van der Waals surface area contributed by atoms with E-state index in [0.29, 0.717) is 18.8 Å². The van der Waals surface area contributed by atoms with Gasteiger partial charge in [0.05, 0.1) is 24.3 Å². The molecule has 108 valence electrons. The summed E-state index contributed by atoms with van der Waals surface area (Å²) in [5.41, 5.74) is 1.59. The Morgan fingerprint density at radius 3 is 2.95 bits per heavy atom. The number of likely N-dealkylation sites (tertiary alicyclic amines) is 1. The summed E-state index contributed by atoms with van der Waals surface area (Å²) in [5, 5.41) is 6.71. The number of ether oxygens (including phenoxy) is 1. The summed E-state index contributed by atoms with van der Waals surface area (Å²) in [6, 6.07) is -0.0927. The fourth-order valence-electron chi connectivity index (χ4n) is 2.73. The Balaban J connectivity index is 1.66. The van der Waals surface area contributed by atoms with Crippen LogP contribution in [0.5, 0.6) is 0 Å². The molecule has 0 radical (unpaired) electrons. The molecule has 0 saturated carbocycles. The third kappa shape index (κ3) is 2.29. The first kappa shape index (κ1) is 13.1. The number of amides is 2. The van der Waals surface area contributed by atoms with Crippen LogP contribution in [-0.2, 0) is 20.7 Å².